The summed E-state index contributed by atoms with van der Waals surface area (Å²) in [5, 5.41) is 0. The van der Waals surface area contributed by atoms with Gasteiger partial charge in [-0.3, -0.25) is 0 Å². The molecule has 0 aromatic heterocycles. The fourth-order valence-electron chi connectivity index (χ4n) is 0.0779. The summed E-state index contributed by atoms with van der Waals surface area (Å²) in [6.07, 6.45) is 5.99. The Morgan fingerprint density at radius 3 is 2.67 bits per heavy atom. The van der Waals surface area contributed by atoms with Gasteiger partial charge >= 0.3 is 0 Å². The normalized spacial score (nSPS) is 5.17. The maximum Gasteiger partial charge on any atom is 0.235 e. The summed E-state index contributed by atoms with van der Waals surface area (Å²) in [5.41, 5.74) is 0. The molecule has 30 valence electrons. The van der Waals surface area contributed by atoms with Crippen LogP contribution in [-0.4, -0.2) is 12.6 Å². The summed E-state index contributed by atoms with van der Waals surface area (Å²) in [6, 6.07) is 0. The Hall–Kier alpha value is -1.06. The van der Waals surface area contributed by atoms with Crippen molar-refractivity contribution in [3.63, 3.8) is 0 Å². The van der Waals surface area contributed by atoms with Crippen molar-refractivity contribution in [2.75, 3.05) is 6.54 Å². The van der Waals surface area contributed by atoms with Crippen LogP contribution >= 0.6 is 0 Å². The molecular weight excluding hydrogens is 78.0 g/mol. The van der Waals surface area contributed by atoms with Gasteiger partial charge < -0.3 is 0 Å². The van der Waals surface area contributed by atoms with Gasteiger partial charge in [0.1, 0.15) is 6.54 Å². The van der Waals surface area contributed by atoms with Gasteiger partial charge in [0, 0.05) is 0 Å². The van der Waals surface area contributed by atoms with E-state index in [0.29, 0.717) is 0 Å². The average Bonchev–Trinajstić information content (AvgIpc) is 1.61. The summed E-state index contributed by atoms with van der Waals surface area (Å²) in [7, 11) is 0. The van der Waals surface area contributed by atoms with E-state index < -0.39 is 0 Å². The van der Waals surface area contributed by atoms with E-state index in [9.17, 15) is 4.79 Å². The Morgan fingerprint density at radius 1 is 1.83 bits per heavy atom. The number of isocyanates is 1. The predicted octanol–water partition coefficient (Wildman–Crippen LogP) is -0.0446. The molecule has 0 aromatic carbocycles. The number of nitrogens with zero attached hydrogens (tertiary/aromatic N) is 1. The lowest BCUT2D eigenvalue weighted by Gasteiger charge is -1.60. The molecule has 0 fully saturated rings. The van der Waals surface area contributed by atoms with Crippen LogP contribution in [-0.2, 0) is 4.79 Å². The third-order valence-electron chi connectivity index (χ3n) is 0.235. The van der Waals surface area contributed by atoms with E-state index in [4.69, 9.17) is 6.42 Å². The third kappa shape index (κ3) is 2.94. The molecule has 0 aliphatic carbocycles. The zero-order chi connectivity index (χ0) is 4.83. The maximum absolute atomic E-state index is 9.18. The summed E-state index contributed by atoms with van der Waals surface area (Å²) in [4.78, 5) is 12.2. The van der Waals surface area contributed by atoms with Gasteiger partial charge in [0.2, 0.25) is 6.08 Å². The Balaban J connectivity index is 3.16. The minimum absolute atomic E-state index is 0.142. The van der Waals surface area contributed by atoms with E-state index in [1.54, 1.807) is 0 Å². The Morgan fingerprint density at radius 2 is 2.50 bits per heavy atom. The van der Waals surface area contributed by atoms with Crippen molar-refractivity contribution < 1.29 is 4.79 Å². The van der Waals surface area contributed by atoms with E-state index in [1.807, 2.05) is 0 Å². The van der Waals surface area contributed by atoms with E-state index in [2.05, 4.69) is 10.9 Å². The number of hydrogen-bond acceptors (Lipinski definition) is 2. The molecule has 0 aliphatic rings. The molecule has 0 aromatic rings. The molecule has 0 rings (SSSR count). The van der Waals surface area contributed by atoms with Crippen molar-refractivity contribution >= 4 is 6.08 Å². The topological polar surface area (TPSA) is 29.4 Å². The van der Waals surface area contributed by atoms with E-state index >= 15 is 0 Å². The van der Waals surface area contributed by atoms with Crippen molar-refractivity contribution in [1.29, 1.82) is 0 Å². The first kappa shape index (κ1) is 4.94. The molecule has 0 spiro atoms. The Labute approximate surface area is 35.9 Å². The monoisotopic (exact) mass is 81.0 g/mol. The highest BCUT2D eigenvalue weighted by atomic mass is 16.1. The van der Waals surface area contributed by atoms with Crippen LogP contribution in [0, 0.1) is 12.3 Å². The van der Waals surface area contributed by atoms with Crippen LogP contribution in [0.1, 0.15) is 0 Å². The predicted molar refractivity (Wildman–Crippen MR) is 21.8 cm³/mol. The molecule has 0 heterocycles. The molecule has 0 saturated heterocycles. The van der Waals surface area contributed by atoms with E-state index in [0.717, 1.165) is 0 Å². The molecule has 0 N–H and O–H groups in total. The van der Waals surface area contributed by atoms with Gasteiger partial charge in [0.25, 0.3) is 0 Å². The Bertz CT molecular complexity index is 105. The van der Waals surface area contributed by atoms with Gasteiger partial charge in [0.15, 0.2) is 0 Å². The number of rotatable bonds is 1. The first-order valence-corrected chi connectivity index (χ1v) is 1.39. The lowest BCUT2D eigenvalue weighted by Crippen LogP contribution is -1.64. The number of hydrogen-bond donors (Lipinski definition) is 0. The summed E-state index contributed by atoms with van der Waals surface area (Å²) >= 11 is 0. The van der Waals surface area contributed by atoms with Gasteiger partial charge in [-0.05, 0) is 0 Å². The lowest BCUT2D eigenvalue weighted by molar-refractivity contribution is 0.564. The SMILES string of the molecule is C#CCN=C=O. The maximum atomic E-state index is 9.18. The van der Waals surface area contributed by atoms with E-state index in [-0.39, 0.29) is 6.54 Å². The molecule has 0 amide bonds. The van der Waals surface area contributed by atoms with Crippen molar-refractivity contribution in [1.82, 2.24) is 0 Å². The molecule has 0 unspecified atom stereocenters. The minimum atomic E-state index is 0.142. The highest BCUT2D eigenvalue weighted by molar-refractivity contribution is 5.33. The standard InChI is InChI=1S/C4H3NO/c1-2-3-5-4-6/h1H,3H2. The first-order valence-electron chi connectivity index (χ1n) is 1.39. The molecule has 0 bridgehead atoms. The quantitative estimate of drug-likeness (QED) is 0.247. The zero-order valence-electron chi connectivity index (χ0n) is 3.14. The molecule has 2 heteroatoms. The summed E-state index contributed by atoms with van der Waals surface area (Å²) in [6.45, 7) is 0.142. The van der Waals surface area contributed by atoms with Crippen LogP contribution in [0.2, 0.25) is 0 Å². The van der Waals surface area contributed by atoms with Gasteiger partial charge in [-0.25, -0.2) is 4.79 Å². The summed E-state index contributed by atoms with van der Waals surface area (Å²) in [5.74, 6) is 2.14. The van der Waals surface area contributed by atoms with Crippen LogP contribution in [0.3, 0.4) is 0 Å². The first-order chi connectivity index (χ1) is 2.91. The van der Waals surface area contributed by atoms with Crippen LogP contribution < -0.4 is 0 Å². The zero-order valence-corrected chi connectivity index (χ0v) is 3.14. The largest absolute Gasteiger partial charge is 0.235 e. The van der Waals surface area contributed by atoms with Crippen molar-refractivity contribution in [2.45, 2.75) is 0 Å². The summed E-state index contributed by atoms with van der Waals surface area (Å²) < 4.78 is 0. The van der Waals surface area contributed by atoms with Crippen LogP contribution in [0.15, 0.2) is 4.99 Å². The minimum Gasteiger partial charge on any atom is -0.211 e. The number of carbonyl (C=O) groups excluding carboxylic acids is 1. The van der Waals surface area contributed by atoms with Crippen molar-refractivity contribution in [3.05, 3.63) is 0 Å². The molecule has 0 saturated carbocycles. The highest BCUT2D eigenvalue weighted by Crippen LogP contribution is 1.54. The van der Waals surface area contributed by atoms with Crippen LogP contribution in [0.4, 0.5) is 0 Å². The molecule has 0 atom stereocenters. The van der Waals surface area contributed by atoms with Crippen LogP contribution in [0.25, 0.3) is 0 Å². The van der Waals surface area contributed by atoms with Gasteiger partial charge in [-0.2, -0.15) is 4.99 Å². The second kappa shape index (κ2) is 3.94. The third-order valence-corrected chi connectivity index (χ3v) is 0.235. The molecule has 0 radical (unpaired) electrons. The molecule has 0 aliphatic heterocycles. The molecule has 2 nitrogen and oxygen atoms in total. The van der Waals surface area contributed by atoms with Gasteiger partial charge in [0.05, 0.1) is 0 Å². The van der Waals surface area contributed by atoms with Crippen molar-refractivity contribution in [3.8, 4) is 12.3 Å². The second-order valence-electron chi connectivity index (χ2n) is 0.612. The number of aliphatic imine (C=N–C) groups is 1. The molecule has 6 heavy (non-hydrogen) atoms. The highest BCUT2D eigenvalue weighted by Gasteiger charge is 1.57. The Kier molecular flexibility index (Phi) is 3.24. The van der Waals surface area contributed by atoms with Crippen molar-refractivity contribution in [2.24, 2.45) is 4.99 Å². The second-order valence-corrected chi connectivity index (χ2v) is 0.612. The smallest absolute Gasteiger partial charge is 0.211 e. The molecular formula is C4H3NO. The fourth-order valence-corrected chi connectivity index (χ4v) is 0.0779. The van der Waals surface area contributed by atoms with Gasteiger partial charge in [-0.15, -0.1) is 6.42 Å². The lowest BCUT2D eigenvalue weighted by atomic mass is 10.7. The van der Waals surface area contributed by atoms with Crippen LogP contribution in [0.5, 0.6) is 0 Å². The van der Waals surface area contributed by atoms with E-state index in [1.165, 1.54) is 6.08 Å². The fraction of sp³-hybridized carbons (Fsp3) is 0.250. The van der Waals surface area contributed by atoms with Gasteiger partial charge in [-0.1, -0.05) is 5.92 Å². The number of terminal acetylenes is 1. The average molecular weight is 81.1 g/mol.